The van der Waals surface area contributed by atoms with Crippen molar-refractivity contribution in [2.45, 2.75) is 69.8 Å². The summed E-state index contributed by atoms with van der Waals surface area (Å²) in [7, 11) is -3.29. The third-order valence-corrected chi connectivity index (χ3v) is 9.60. The minimum Gasteiger partial charge on any atom is -0.368 e. The Morgan fingerprint density at radius 1 is 1.24 bits per heavy atom. The molecule has 1 amide bonds. The average Bonchev–Trinajstić information content (AvgIpc) is 3.35. The van der Waals surface area contributed by atoms with Gasteiger partial charge in [-0.25, -0.2) is 13.4 Å². The molecule has 3 atom stereocenters. The minimum absolute atomic E-state index is 0.0122. The Hall–Kier alpha value is -2.02. The number of nitrogens with zero attached hydrogens (tertiary/aromatic N) is 2. The van der Waals surface area contributed by atoms with Gasteiger partial charge in [0.2, 0.25) is 5.91 Å². The van der Waals surface area contributed by atoms with E-state index in [9.17, 15) is 26.4 Å². The Morgan fingerprint density at radius 2 is 1.95 bits per heavy atom. The molecule has 2 aliphatic heterocycles. The number of fused-ring (bicyclic) bond motifs is 1. The zero-order chi connectivity index (χ0) is 27.0. The van der Waals surface area contributed by atoms with Gasteiger partial charge < -0.3 is 10.1 Å². The Bertz CT molecular complexity index is 1200. The van der Waals surface area contributed by atoms with E-state index in [-0.39, 0.29) is 53.9 Å². The second-order valence-corrected chi connectivity index (χ2v) is 13.4. The van der Waals surface area contributed by atoms with E-state index in [1.165, 1.54) is 23.5 Å². The molecule has 1 aromatic heterocycles. The zero-order valence-electron chi connectivity index (χ0n) is 21.0. The maximum absolute atomic E-state index is 12.9. The molecule has 1 saturated heterocycles. The van der Waals surface area contributed by atoms with Crippen LogP contribution in [0.3, 0.4) is 0 Å². The number of nitrogens with one attached hydrogen (secondary N) is 1. The van der Waals surface area contributed by atoms with E-state index in [0.29, 0.717) is 30.2 Å². The molecule has 1 aromatic carbocycles. The van der Waals surface area contributed by atoms with Crippen LogP contribution < -0.4 is 5.32 Å². The van der Waals surface area contributed by atoms with Crippen molar-refractivity contribution in [2.24, 2.45) is 11.8 Å². The lowest BCUT2D eigenvalue weighted by Crippen LogP contribution is -2.41. The van der Waals surface area contributed by atoms with Crippen molar-refractivity contribution < 1.29 is 31.1 Å². The van der Waals surface area contributed by atoms with Gasteiger partial charge in [-0.3, -0.25) is 9.69 Å². The molecule has 0 aliphatic carbocycles. The summed E-state index contributed by atoms with van der Waals surface area (Å²) in [5, 5.41) is 3.37. The number of hydrogen-bond acceptors (Lipinski definition) is 7. The van der Waals surface area contributed by atoms with Crippen LogP contribution in [0.15, 0.2) is 29.2 Å². The Labute approximate surface area is 219 Å². The summed E-state index contributed by atoms with van der Waals surface area (Å²) in [6, 6.07) is 6.33. The van der Waals surface area contributed by atoms with E-state index in [0.717, 1.165) is 10.6 Å². The molecule has 0 spiro atoms. The molecule has 204 valence electrons. The molecule has 12 heteroatoms. The van der Waals surface area contributed by atoms with Gasteiger partial charge in [0.15, 0.2) is 21.1 Å². The molecule has 4 rings (SSSR count). The van der Waals surface area contributed by atoms with Crippen LogP contribution in [0.25, 0.3) is 0 Å². The molecule has 1 N–H and O–H groups in total. The van der Waals surface area contributed by atoms with E-state index in [4.69, 9.17) is 9.72 Å². The lowest BCUT2D eigenvalue weighted by Gasteiger charge is -2.35. The SMILES string of the molecule is CCS(=O)(=O)c1ccc(CC(=O)Nc2nc3c(s2)CN(C[C@@H]2CCC(C(F)(F)F)OC2)C3C(C)C)cc1. The number of thiazole rings is 1. The molecule has 37 heavy (non-hydrogen) atoms. The van der Waals surface area contributed by atoms with Crippen molar-refractivity contribution >= 4 is 32.2 Å². The molecule has 7 nitrogen and oxygen atoms in total. The summed E-state index contributed by atoms with van der Waals surface area (Å²) >= 11 is 1.42. The van der Waals surface area contributed by atoms with Gasteiger partial charge in [0.1, 0.15) is 0 Å². The molecule has 0 radical (unpaired) electrons. The van der Waals surface area contributed by atoms with Gasteiger partial charge in [-0.2, -0.15) is 13.2 Å². The number of hydrogen-bond donors (Lipinski definition) is 1. The first-order chi connectivity index (χ1) is 17.4. The van der Waals surface area contributed by atoms with Crippen molar-refractivity contribution in [3.05, 3.63) is 40.4 Å². The normalized spacial score (nSPS) is 22.8. The Balaban J connectivity index is 1.35. The largest absolute Gasteiger partial charge is 0.414 e. The molecule has 1 fully saturated rings. The van der Waals surface area contributed by atoms with Crippen LogP contribution in [0.1, 0.15) is 55.8 Å². The van der Waals surface area contributed by atoms with Crippen molar-refractivity contribution in [3.63, 3.8) is 0 Å². The van der Waals surface area contributed by atoms with Gasteiger partial charge in [-0.05, 0) is 42.4 Å². The number of aromatic nitrogens is 1. The molecular formula is C25H32F3N3O4S2. The molecule has 2 aliphatic rings. The fourth-order valence-electron chi connectivity index (χ4n) is 5.00. The predicted molar refractivity (Wildman–Crippen MR) is 135 cm³/mol. The third kappa shape index (κ3) is 6.52. The van der Waals surface area contributed by atoms with E-state index in [1.807, 2.05) is 0 Å². The number of rotatable bonds is 8. The fraction of sp³-hybridized carbons (Fsp3) is 0.600. The zero-order valence-corrected chi connectivity index (χ0v) is 22.7. The average molecular weight is 560 g/mol. The van der Waals surface area contributed by atoms with Crippen LogP contribution in [0.4, 0.5) is 18.3 Å². The highest BCUT2D eigenvalue weighted by molar-refractivity contribution is 7.91. The summed E-state index contributed by atoms with van der Waals surface area (Å²) in [5.41, 5.74) is 1.61. The van der Waals surface area contributed by atoms with Crippen molar-refractivity contribution in [3.8, 4) is 0 Å². The predicted octanol–water partition coefficient (Wildman–Crippen LogP) is 4.99. The Kier molecular flexibility index (Phi) is 8.32. The number of anilines is 1. The van der Waals surface area contributed by atoms with Crippen LogP contribution in [0.2, 0.25) is 0 Å². The lowest BCUT2D eigenvalue weighted by molar-refractivity contribution is -0.236. The quantitative estimate of drug-likeness (QED) is 0.491. The summed E-state index contributed by atoms with van der Waals surface area (Å²) in [6.07, 6.45) is -5.43. The number of carbonyl (C=O) groups excluding carboxylic acids is 1. The third-order valence-electron chi connectivity index (χ3n) is 6.88. The second-order valence-electron chi connectivity index (χ2n) is 10.0. The highest BCUT2D eigenvalue weighted by atomic mass is 32.2. The van der Waals surface area contributed by atoms with Gasteiger partial charge in [0.05, 0.1) is 35.4 Å². The first-order valence-corrected chi connectivity index (χ1v) is 14.9. The maximum Gasteiger partial charge on any atom is 0.414 e. The lowest BCUT2D eigenvalue weighted by atomic mass is 9.95. The number of sulfone groups is 1. The summed E-state index contributed by atoms with van der Waals surface area (Å²) in [4.78, 5) is 20.9. The van der Waals surface area contributed by atoms with Gasteiger partial charge in [-0.15, -0.1) is 11.3 Å². The topological polar surface area (TPSA) is 88.6 Å². The maximum atomic E-state index is 12.9. The number of amides is 1. The summed E-state index contributed by atoms with van der Waals surface area (Å²) in [6.45, 7) is 7.13. The minimum atomic E-state index is -4.31. The molecule has 0 saturated carbocycles. The van der Waals surface area contributed by atoms with Gasteiger partial charge in [0.25, 0.3) is 0 Å². The molecule has 3 heterocycles. The standard InChI is InChI=1S/C25H32F3N3O4S2/c1-4-37(33,34)18-8-5-16(6-9-18)11-21(32)29-24-30-22-19(36-24)13-31(23(22)15(2)3)12-17-7-10-20(35-14-17)25(26,27)28/h5-6,8-9,15,17,20,23H,4,7,10-14H2,1-3H3,(H,29,30,32)/t17-,20?,23?/m0/s1. The van der Waals surface area contributed by atoms with Crippen LogP contribution in [0, 0.1) is 11.8 Å². The van der Waals surface area contributed by atoms with E-state index in [2.05, 4.69) is 24.1 Å². The molecule has 2 unspecified atom stereocenters. The highest BCUT2D eigenvalue weighted by Crippen LogP contribution is 2.43. The first-order valence-electron chi connectivity index (χ1n) is 12.4. The Morgan fingerprint density at radius 3 is 2.51 bits per heavy atom. The number of ether oxygens (including phenoxy) is 1. The smallest absolute Gasteiger partial charge is 0.368 e. The number of halogens is 3. The first kappa shape index (κ1) is 28.0. The monoisotopic (exact) mass is 559 g/mol. The summed E-state index contributed by atoms with van der Waals surface area (Å²) in [5.74, 6) is 0.0440. The van der Waals surface area contributed by atoms with Crippen LogP contribution >= 0.6 is 11.3 Å². The fourth-order valence-corrected chi connectivity index (χ4v) is 6.93. The van der Waals surface area contributed by atoms with Crippen molar-refractivity contribution in [2.75, 3.05) is 24.2 Å². The van der Waals surface area contributed by atoms with Crippen LogP contribution in [0.5, 0.6) is 0 Å². The molecule has 0 bridgehead atoms. The molecule has 2 aromatic rings. The van der Waals surface area contributed by atoms with Crippen molar-refractivity contribution in [1.29, 1.82) is 0 Å². The van der Waals surface area contributed by atoms with Gasteiger partial charge in [0, 0.05) is 18.0 Å². The van der Waals surface area contributed by atoms with Crippen LogP contribution in [-0.2, 0) is 32.3 Å². The highest BCUT2D eigenvalue weighted by Gasteiger charge is 2.44. The van der Waals surface area contributed by atoms with E-state index < -0.39 is 22.1 Å². The molecular weight excluding hydrogens is 527 g/mol. The van der Waals surface area contributed by atoms with Crippen molar-refractivity contribution in [1.82, 2.24) is 9.88 Å². The number of carbonyl (C=O) groups is 1. The summed E-state index contributed by atoms with van der Waals surface area (Å²) < 4.78 is 67.8. The van der Waals surface area contributed by atoms with Gasteiger partial charge in [-0.1, -0.05) is 32.9 Å². The number of alkyl halides is 3. The second kappa shape index (κ2) is 11.0. The number of benzene rings is 1. The van der Waals surface area contributed by atoms with Crippen LogP contribution in [-0.4, -0.2) is 55.4 Å². The van der Waals surface area contributed by atoms with Gasteiger partial charge >= 0.3 is 6.18 Å². The van der Waals surface area contributed by atoms with E-state index in [1.54, 1.807) is 19.1 Å². The van der Waals surface area contributed by atoms with E-state index >= 15 is 0 Å².